The monoisotopic (exact) mass is 1960 g/mol. The lowest BCUT2D eigenvalue weighted by molar-refractivity contribution is -0.386. The number of nitrogens with two attached hydrogens (primary N) is 2. The number of hydrogen-bond donors (Lipinski definition) is 9. The van der Waals surface area contributed by atoms with E-state index in [2.05, 4.69) is 55.6 Å². The summed E-state index contributed by atoms with van der Waals surface area (Å²) < 4.78 is 197. The van der Waals surface area contributed by atoms with Crippen LogP contribution in [0.1, 0.15) is 49.6 Å². The van der Waals surface area contributed by atoms with Crippen molar-refractivity contribution < 1.29 is 194 Å². The number of nitro benzene ring substituents is 1. The molecular weight excluding hydrogens is 1830 g/mol. The van der Waals surface area contributed by atoms with Gasteiger partial charge in [-0.2, -0.15) is 18.6 Å². The molecule has 4 unspecified atom stereocenters. The predicted molar refractivity (Wildman–Crippen MR) is 461 cm³/mol. The highest BCUT2D eigenvalue weighted by Crippen LogP contribution is 2.66. The smallest absolute Gasteiger partial charge is 0.490 e. The maximum absolute atomic E-state index is 13.0. The molecule has 2 amide bonds. The molecule has 0 saturated carbocycles. The Balaban J connectivity index is 0.822. The van der Waals surface area contributed by atoms with E-state index in [-0.39, 0.29) is 96.9 Å². The molecule has 0 radical (unpaired) electrons. The first kappa shape index (κ1) is 118. The Morgan fingerprint density at radius 3 is 1.30 bits per heavy atom. The molecule has 11 N–H and O–H groups in total. The van der Waals surface area contributed by atoms with E-state index in [9.17, 15) is 48.3 Å². The Morgan fingerprint density at radius 1 is 0.561 bits per heavy atom. The fourth-order valence-electron chi connectivity index (χ4n) is 10.7. The Morgan fingerprint density at radius 2 is 0.939 bits per heavy atom. The molecule has 4 rings (SSSR count). The Kier molecular flexibility index (Phi) is 68.3. The van der Waals surface area contributed by atoms with Crippen LogP contribution in [0.5, 0.6) is 11.5 Å². The number of fused-ring (bicyclic) bond motifs is 1. The number of phosphoric ester groups is 1. The van der Waals surface area contributed by atoms with Crippen LogP contribution in [0.25, 0.3) is 21.5 Å². The number of ether oxygens (including phenoxy) is 27. The lowest BCUT2D eigenvalue weighted by Crippen LogP contribution is -2.27. The van der Waals surface area contributed by atoms with Crippen LogP contribution >= 0.6 is 23.5 Å². The van der Waals surface area contributed by atoms with E-state index in [1.54, 1.807) is 0 Å². The number of aliphatic hydroxyl groups is 1. The topological polar surface area (TPSA) is 662 Å². The van der Waals surface area contributed by atoms with E-state index in [1.807, 2.05) is 0 Å². The van der Waals surface area contributed by atoms with Gasteiger partial charge in [0.1, 0.15) is 24.3 Å². The van der Waals surface area contributed by atoms with Gasteiger partial charge in [0.25, 0.3) is 5.69 Å². The maximum Gasteiger partial charge on any atom is 0.490 e. The molecule has 3 heterocycles. The van der Waals surface area contributed by atoms with Crippen LogP contribution in [0.3, 0.4) is 0 Å². The number of amides is 2. The summed E-state index contributed by atoms with van der Waals surface area (Å²) in [6.07, 6.45) is -4.70. The molecule has 758 valence electrons. The van der Waals surface area contributed by atoms with Gasteiger partial charge in [0, 0.05) is 37.0 Å². The highest BCUT2D eigenvalue weighted by atomic mass is 31.3. The fraction of sp³-hybridized carbons (Fsp3) is 0.789. The number of azide groups is 1. The second-order valence-corrected chi connectivity index (χ2v) is 31.2. The minimum atomic E-state index is -5.82. The zero-order chi connectivity index (χ0) is 95.5. The normalized spacial score (nSPS) is 15.1. The van der Waals surface area contributed by atoms with E-state index in [1.165, 1.54) is 30.9 Å². The van der Waals surface area contributed by atoms with Gasteiger partial charge in [0.15, 0.2) is 17.1 Å². The number of anilines is 2. The molecule has 1 aliphatic heterocycles. The average Bonchev–Trinajstić information content (AvgIpc) is 1.59. The number of nitrogens with zero attached hydrogens (tertiary/aromatic N) is 7. The number of methoxy groups -OCH3 is 1. The molecule has 1 aliphatic rings. The van der Waals surface area contributed by atoms with E-state index in [0.717, 1.165) is 6.07 Å². The Labute approximate surface area is 764 Å². The van der Waals surface area contributed by atoms with E-state index >= 15 is 0 Å². The van der Waals surface area contributed by atoms with Crippen LogP contribution in [0.2, 0.25) is 0 Å². The number of hydrogen-bond acceptors (Lipinski definition) is 43. The molecule has 1 aromatic carbocycles. The molecule has 6 atom stereocenters. The zero-order valence-corrected chi connectivity index (χ0v) is 77.4. The van der Waals surface area contributed by atoms with Crippen LogP contribution in [0.4, 0.5) is 22.2 Å². The number of aromatic nitrogens is 3. The highest BCUT2D eigenvalue weighted by molar-refractivity contribution is 7.66. The number of nitrogen functional groups attached to an aromatic ring is 2. The van der Waals surface area contributed by atoms with E-state index < -0.39 is 71.3 Å². The van der Waals surface area contributed by atoms with Crippen LogP contribution < -0.4 is 31.6 Å². The quantitative estimate of drug-likeness (QED) is 0.00572. The van der Waals surface area contributed by atoms with Crippen LogP contribution in [0, 0.1) is 22.0 Å². The number of rotatable bonds is 90. The third kappa shape index (κ3) is 60.8. The van der Waals surface area contributed by atoms with Gasteiger partial charge in [0.05, 0.1) is 364 Å². The van der Waals surface area contributed by atoms with Crippen molar-refractivity contribution in [2.45, 2.75) is 50.7 Å². The zero-order valence-electron chi connectivity index (χ0n) is 74.7. The van der Waals surface area contributed by atoms with Crippen molar-refractivity contribution in [1.82, 2.24) is 25.2 Å². The molecule has 1 saturated heterocycles. The number of nitrogens with one attached hydrogen (secondary N) is 2. The van der Waals surface area contributed by atoms with Gasteiger partial charge in [-0.1, -0.05) is 17.0 Å². The summed E-state index contributed by atoms with van der Waals surface area (Å²) in [6, 6.07) is 2.40. The summed E-state index contributed by atoms with van der Waals surface area (Å²) in [7, 11) is -15.7. The lowest BCUT2D eigenvalue weighted by atomic mass is 10.1. The first-order valence-electron chi connectivity index (χ1n) is 42.6. The minimum Gasteiger partial charge on any atom is -0.493 e. The average molecular weight is 1960 g/mol. The Bertz CT molecular complexity index is 3790. The number of benzene rings is 1. The summed E-state index contributed by atoms with van der Waals surface area (Å²) in [5.41, 5.74) is 19.9. The minimum absolute atomic E-state index is 0.000175. The van der Waals surface area contributed by atoms with Gasteiger partial charge in [-0.3, -0.25) is 19.4 Å². The number of carbonyl (C=O) groups excluding carboxylic acids is 2. The third-order valence-electron chi connectivity index (χ3n) is 16.8. The summed E-state index contributed by atoms with van der Waals surface area (Å²) in [6.45, 7) is 20.5. The molecule has 0 bridgehead atoms. The van der Waals surface area contributed by atoms with Gasteiger partial charge in [-0.25, -0.2) is 18.5 Å². The summed E-state index contributed by atoms with van der Waals surface area (Å²) in [5, 5.41) is 31.7. The van der Waals surface area contributed by atoms with Crippen molar-refractivity contribution in [3.63, 3.8) is 0 Å². The van der Waals surface area contributed by atoms with Crippen molar-refractivity contribution in [2.24, 2.45) is 5.11 Å². The second-order valence-electron chi connectivity index (χ2n) is 26.8. The molecule has 1 fully saturated rings. The number of alkyl carbamates (subject to hydrolysis) is 1. The van der Waals surface area contributed by atoms with Crippen LogP contribution in [0.15, 0.2) is 23.4 Å². The van der Waals surface area contributed by atoms with Gasteiger partial charge in [-0.05, 0) is 24.9 Å². The summed E-state index contributed by atoms with van der Waals surface area (Å²) in [5.74, 6) is 4.90. The van der Waals surface area contributed by atoms with Gasteiger partial charge >= 0.3 is 29.6 Å². The fourth-order valence-corrected chi connectivity index (χ4v) is 13.7. The van der Waals surface area contributed by atoms with Crippen molar-refractivity contribution >= 4 is 64.0 Å². The molecular formula is C76H132N11O42P3. The Hall–Kier alpha value is -6.54. The van der Waals surface area contributed by atoms with Crippen molar-refractivity contribution in [1.29, 1.82) is 0 Å². The van der Waals surface area contributed by atoms with Crippen LogP contribution in [-0.4, -0.2) is 412 Å². The molecule has 3 aromatic rings. The highest BCUT2D eigenvalue weighted by Gasteiger charge is 2.43. The van der Waals surface area contributed by atoms with Crippen molar-refractivity contribution in [3.05, 3.63) is 50.0 Å². The largest absolute Gasteiger partial charge is 0.493 e. The predicted octanol–water partition coefficient (Wildman–Crippen LogP) is 2.31. The molecule has 0 spiro atoms. The maximum atomic E-state index is 13.0. The standard InChI is InChI=1S/C76H132N11O42P3/c1-62(126-76(90)81-7-3-5-63-60-86(74-72(63)73(77)83-75(78)84-74)71-59-66(88)69(127-71)61-125-131(96,97)129-132(98,99)128-130(93,94)95)64-57-67(100-2)68(58-65(64)87(91)92)124-10-4-6-70(89)80-8-11-101-13-15-103-17-19-105-21-23-107-25-27-109-29-31-111-33-35-113-37-39-115-41-43-117-45-47-119-49-51-121-53-55-123-56-54-122-52-50-120-48-46-118-44-42-116-40-38-114-36-34-112-32-30-110-28-26-108-24-22-106-20-18-104-16-14-102-12-9-82-85-79/h57-58,60,62,66,69,71,88H,4,6-56,59,61H2,1-2H3,(H,80,89)(H,81,90)(H,96,97)(H,98,99)(H2,93,94,95)(H4,77,78,83,84)/t62?,66?,69-,71-/m1/s1. The number of aliphatic hydroxyl groups excluding tert-OH is 1. The lowest BCUT2D eigenvalue weighted by Gasteiger charge is -2.19. The summed E-state index contributed by atoms with van der Waals surface area (Å²) in [4.78, 5) is 84.7. The van der Waals surface area contributed by atoms with E-state index in [0.29, 0.717) is 304 Å². The number of nitro groups is 1. The molecule has 0 aliphatic carbocycles. The summed E-state index contributed by atoms with van der Waals surface area (Å²) >= 11 is 0. The molecule has 132 heavy (non-hydrogen) atoms. The van der Waals surface area contributed by atoms with Crippen molar-refractivity contribution in [2.75, 3.05) is 355 Å². The van der Waals surface area contributed by atoms with Crippen molar-refractivity contribution in [3.8, 4) is 23.3 Å². The van der Waals surface area contributed by atoms with Gasteiger partial charge < -0.3 is 179 Å². The first-order valence-corrected chi connectivity index (χ1v) is 47.1. The first-order chi connectivity index (χ1) is 64.0. The number of carbonyl (C=O) groups is 2. The van der Waals surface area contributed by atoms with Crippen LogP contribution in [-0.2, 0) is 150 Å². The van der Waals surface area contributed by atoms with E-state index in [4.69, 9.17) is 155 Å². The molecule has 53 nitrogen and oxygen atoms in total. The van der Waals surface area contributed by atoms with Gasteiger partial charge in [-0.15, -0.1) is 0 Å². The third-order valence-corrected chi connectivity index (χ3v) is 20.6. The van der Waals surface area contributed by atoms with Gasteiger partial charge in [0.2, 0.25) is 11.9 Å². The molecule has 2 aromatic heterocycles. The SMILES string of the molecule is COc1cc(C(C)OC(=O)NCC#Cc2cn([C@H]3CC(O)[C@@H](COP(=O)(O)OP(=O)(O)OP(=O)(O)O)O3)c3nc(N)nc(N)c23)c([N+](=O)[O-])cc1OCCCC(=O)NCCOCCOCCOCCOCCOCCOCCOCCOCCOCCOCCOCCOCCOCCOCCOCCOCCOCCOCCOCCOCCOCCOCCOCCN=[N+]=[N-]. The molecule has 56 heteroatoms. The number of phosphoric acid groups is 3. The second kappa shape index (κ2) is 76.5.